The van der Waals surface area contributed by atoms with E-state index >= 15 is 0 Å². The van der Waals surface area contributed by atoms with Gasteiger partial charge in [0.25, 0.3) is 0 Å². The van der Waals surface area contributed by atoms with Crippen LogP contribution in [-0.2, 0) is 16.4 Å². The Morgan fingerprint density at radius 2 is 2.00 bits per heavy atom. The first kappa shape index (κ1) is 15.8. The molecular weight excluding hydrogens is 314 g/mol. The zero-order valence-electron chi connectivity index (χ0n) is 13.1. The van der Waals surface area contributed by atoms with Crippen LogP contribution in [0.15, 0.2) is 47.4 Å². The number of hydrogen-bond acceptors (Lipinski definition) is 4. The highest BCUT2D eigenvalue weighted by Crippen LogP contribution is 2.26. The molecular formula is C17H19NO4S. The third kappa shape index (κ3) is 3.33. The fraction of sp³-hybridized carbons (Fsp3) is 0.294. The largest absolute Gasteiger partial charge is 0.497 e. The first-order chi connectivity index (χ1) is 11.0. The lowest BCUT2D eigenvalue weighted by Crippen LogP contribution is -2.42. The zero-order chi connectivity index (χ0) is 16.4. The first-order valence-corrected chi connectivity index (χ1v) is 8.85. The van der Waals surface area contributed by atoms with Gasteiger partial charge < -0.3 is 9.47 Å². The summed E-state index contributed by atoms with van der Waals surface area (Å²) in [6, 6.07) is 12.3. The molecule has 1 aliphatic heterocycles. The summed E-state index contributed by atoms with van der Waals surface area (Å²) in [7, 11) is -2.05. The Morgan fingerprint density at radius 3 is 2.74 bits per heavy atom. The van der Waals surface area contributed by atoms with E-state index in [0.717, 1.165) is 11.3 Å². The second-order valence-corrected chi connectivity index (χ2v) is 7.25. The van der Waals surface area contributed by atoms with Crippen molar-refractivity contribution in [2.24, 2.45) is 0 Å². The van der Waals surface area contributed by atoms with Gasteiger partial charge in [-0.2, -0.15) is 0 Å². The molecule has 23 heavy (non-hydrogen) atoms. The van der Waals surface area contributed by atoms with E-state index in [1.807, 2.05) is 24.3 Å². The topological polar surface area (TPSA) is 64.6 Å². The molecule has 0 amide bonds. The zero-order valence-corrected chi connectivity index (χ0v) is 13.9. The molecule has 0 spiro atoms. The van der Waals surface area contributed by atoms with Crippen LogP contribution < -0.4 is 14.2 Å². The number of rotatable bonds is 4. The van der Waals surface area contributed by atoms with Crippen LogP contribution >= 0.6 is 0 Å². The third-order valence-electron chi connectivity index (χ3n) is 3.87. The molecule has 0 aromatic heterocycles. The standard InChI is InChI=1S/C17H19NO4S/c1-12-9-15(21-2)7-8-17(12)23(19,20)18-14-10-13-5-3-4-6-16(13)22-11-14/h3-9,14,18H,10-11H2,1-2H3. The van der Waals surface area contributed by atoms with E-state index in [1.54, 1.807) is 32.2 Å². The van der Waals surface area contributed by atoms with Crippen LogP contribution in [0.4, 0.5) is 0 Å². The minimum Gasteiger partial charge on any atom is -0.497 e. The Labute approximate surface area is 136 Å². The molecule has 6 heteroatoms. The maximum absolute atomic E-state index is 12.6. The van der Waals surface area contributed by atoms with Crippen molar-refractivity contribution in [3.05, 3.63) is 53.6 Å². The molecule has 122 valence electrons. The first-order valence-electron chi connectivity index (χ1n) is 7.37. The summed E-state index contributed by atoms with van der Waals surface area (Å²) in [5, 5.41) is 0. The van der Waals surface area contributed by atoms with Gasteiger partial charge in [0.2, 0.25) is 10.0 Å². The van der Waals surface area contributed by atoms with E-state index in [-0.39, 0.29) is 10.9 Å². The van der Waals surface area contributed by atoms with Crippen molar-refractivity contribution in [2.45, 2.75) is 24.3 Å². The maximum atomic E-state index is 12.6. The predicted octanol–water partition coefficient (Wildman–Crippen LogP) is 2.29. The summed E-state index contributed by atoms with van der Waals surface area (Å²) in [6.45, 7) is 2.08. The average Bonchev–Trinajstić information content (AvgIpc) is 2.54. The van der Waals surface area contributed by atoms with Gasteiger partial charge in [0.1, 0.15) is 18.1 Å². The molecule has 1 atom stereocenters. The Morgan fingerprint density at radius 1 is 1.22 bits per heavy atom. The molecule has 1 unspecified atom stereocenters. The molecule has 2 aromatic carbocycles. The van der Waals surface area contributed by atoms with Gasteiger partial charge in [-0.05, 0) is 48.7 Å². The van der Waals surface area contributed by atoms with Gasteiger partial charge in [-0.25, -0.2) is 13.1 Å². The molecule has 0 radical (unpaired) electrons. The Kier molecular flexibility index (Phi) is 4.28. The van der Waals surface area contributed by atoms with Crippen LogP contribution in [0, 0.1) is 6.92 Å². The quantitative estimate of drug-likeness (QED) is 0.932. The van der Waals surface area contributed by atoms with Crippen molar-refractivity contribution in [1.82, 2.24) is 4.72 Å². The second kappa shape index (κ2) is 6.22. The van der Waals surface area contributed by atoms with Gasteiger partial charge in [0.05, 0.1) is 18.0 Å². The molecule has 0 fully saturated rings. The van der Waals surface area contributed by atoms with Gasteiger partial charge in [-0.3, -0.25) is 0 Å². The molecule has 0 saturated heterocycles. The Balaban J connectivity index is 1.80. The van der Waals surface area contributed by atoms with E-state index in [0.29, 0.717) is 24.3 Å². The number of para-hydroxylation sites is 1. The van der Waals surface area contributed by atoms with Crippen LogP contribution in [0.3, 0.4) is 0 Å². The lowest BCUT2D eigenvalue weighted by molar-refractivity contribution is 0.254. The molecule has 1 N–H and O–H groups in total. The minimum atomic E-state index is -3.60. The monoisotopic (exact) mass is 333 g/mol. The van der Waals surface area contributed by atoms with Crippen molar-refractivity contribution in [3.63, 3.8) is 0 Å². The van der Waals surface area contributed by atoms with E-state index in [2.05, 4.69) is 4.72 Å². The predicted molar refractivity (Wildman–Crippen MR) is 87.5 cm³/mol. The molecule has 0 aliphatic carbocycles. The summed E-state index contributed by atoms with van der Waals surface area (Å²) < 4.78 is 38.7. The van der Waals surface area contributed by atoms with Gasteiger partial charge in [-0.15, -0.1) is 0 Å². The van der Waals surface area contributed by atoms with Crippen molar-refractivity contribution in [1.29, 1.82) is 0 Å². The SMILES string of the molecule is COc1ccc(S(=O)(=O)NC2COc3ccccc3C2)c(C)c1. The third-order valence-corrected chi connectivity index (χ3v) is 5.55. The number of hydrogen-bond donors (Lipinski definition) is 1. The number of benzene rings is 2. The fourth-order valence-corrected chi connectivity index (χ4v) is 4.18. The summed E-state index contributed by atoms with van der Waals surface area (Å²) in [5.41, 5.74) is 1.66. The Hall–Kier alpha value is -2.05. The lowest BCUT2D eigenvalue weighted by atomic mass is 10.0. The summed E-state index contributed by atoms with van der Waals surface area (Å²) >= 11 is 0. The number of ether oxygens (including phenoxy) is 2. The van der Waals surface area contributed by atoms with Gasteiger partial charge in [0, 0.05) is 0 Å². The normalized spacial score (nSPS) is 17.2. The molecule has 0 bridgehead atoms. The summed E-state index contributed by atoms with van der Waals surface area (Å²) in [6.07, 6.45) is 0.616. The number of methoxy groups -OCH3 is 1. The van der Waals surface area contributed by atoms with Crippen LogP contribution in [0.25, 0.3) is 0 Å². The van der Waals surface area contributed by atoms with Gasteiger partial charge >= 0.3 is 0 Å². The highest BCUT2D eigenvalue weighted by molar-refractivity contribution is 7.89. The van der Waals surface area contributed by atoms with Crippen molar-refractivity contribution >= 4 is 10.0 Å². The number of fused-ring (bicyclic) bond motifs is 1. The molecule has 2 aromatic rings. The van der Waals surface area contributed by atoms with Crippen LogP contribution in [-0.4, -0.2) is 28.2 Å². The molecule has 3 rings (SSSR count). The molecule has 1 aliphatic rings. The highest BCUT2D eigenvalue weighted by Gasteiger charge is 2.26. The lowest BCUT2D eigenvalue weighted by Gasteiger charge is -2.26. The van der Waals surface area contributed by atoms with Crippen molar-refractivity contribution in [2.75, 3.05) is 13.7 Å². The highest BCUT2D eigenvalue weighted by atomic mass is 32.2. The Bertz CT molecular complexity index is 817. The van der Waals surface area contributed by atoms with E-state index in [9.17, 15) is 8.42 Å². The summed E-state index contributed by atoms with van der Waals surface area (Å²) in [5.74, 6) is 1.46. The second-order valence-electron chi connectivity index (χ2n) is 5.57. The van der Waals surface area contributed by atoms with Crippen LogP contribution in [0.1, 0.15) is 11.1 Å². The number of aryl methyl sites for hydroxylation is 1. The van der Waals surface area contributed by atoms with Crippen molar-refractivity contribution in [3.8, 4) is 11.5 Å². The maximum Gasteiger partial charge on any atom is 0.241 e. The van der Waals surface area contributed by atoms with Gasteiger partial charge in [0.15, 0.2) is 0 Å². The van der Waals surface area contributed by atoms with Crippen LogP contribution in [0.2, 0.25) is 0 Å². The average molecular weight is 333 g/mol. The molecule has 5 nitrogen and oxygen atoms in total. The summed E-state index contributed by atoms with van der Waals surface area (Å²) in [4.78, 5) is 0.261. The molecule has 1 heterocycles. The fourth-order valence-electron chi connectivity index (χ4n) is 2.74. The van der Waals surface area contributed by atoms with Crippen molar-refractivity contribution < 1.29 is 17.9 Å². The number of nitrogens with one attached hydrogen (secondary N) is 1. The molecule has 0 saturated carbocycles. The van der Waals surface area contributed by atoms with E-state index in [1.165, 1.54) is 0 Å². The van der Waals surface area contributed by atoms with E-state index in [4.69, 9.17) is 9.47 Å². The number of sulfonamides is 1. The van der Waals surface area contributed by atoms with Crippen LogP contribution in [0.5, 0.6) is 11.5 Å². The van der Waals surface area contributed by atoms with Gasteiger partial charge in [-0.1, -0.05) is 18.2 Å². The smallest absolute Gasteiger partial charge is 0.241 e. The van der Waals surface area contributed by atoms with E-state index < -0.39 is 10.0 Å². The minimum absolute atomic E-state index is 0.261.